The molecule has 0 N–H and O–H groups in total. The monoisotopic (exact) mass is 223 g/mol. The average Bonchev–Trinajstić information content (AvgIpc) is 3.15. The van der Waals surface area contributed by atoms with E-state index in [4.69, 9.17) is 9.47 Å². The van der Waals surface area contributed by atoms with Gasteiger partial charge in [0.2, 0.25) is 0 Å². The van der Waals surface area contributed by atoms with Gasteiger partial charge in [0, 0.05) is 25.6 Å². The molecule has 0 aromatic carbocycles. The third-order valence-corrected chi connectivity index (χ3v) is 4.84. The molecule has 4 fully saturated rings. The van der Waals surface area contributed by atoms with Crippen LogP contribution in [0.4, 0.5) is 0 Å². The molecule has 3 nitrogen and oxygen atoms in total. The number of nitrogens with zero attached hydrogens (tertiary/aromatic N) is 1. The van der Waals surface area contributed by atoms with E-state index in [1.165, 1.54) is 51.7 Å². The summed E-state index contributed by atoms with van der Waals surface area (Å²) in [6.45, 7) is 4.89. The van der Waals surface area contributed by atoms with Crippen LogP contribution in [-0.2, 0) is 9.47 Å². The lowest BCUT2D eigenvalue weighted by Crippen LogP contribution is -2.33. The molecule has 3 heteroatoms. The summed E-state index contributed by atoms with van der Waals surface area (Å²) in [7, 11) is 0. The maximum atomic E-state index is 5.90. The molecule has 1 spiro atoms. The van der Waals surface area contributed by atoms with Gasteiger partial charge in [-0.25, -0.2) is 0 Å². The summed E-state index contributed by atoms with van der Waals surface area (Å²) in [4.78, 5) is 2.49. The minimum absolute atomic E-state index is 0.275. The zero-order valence-corrected chi connectivity index (χ0v) is 9.86. The fraction of sp³-hybridized carbons (Fsp3) is 1.00. The lowest BCUT2D eigenvalue weighted by molar-refractivity contribution is 0.130. The van der Waals surface area contributed by atoms with Crippen molar-refractivity contribution in [1.82, 2.24) is 4.90 Å². The molecule has 16 heavy (non-hydrogen) atoms. The van der Waals surface area contributed by atoms with Crippen LogP contribution in [0.3, 0.4) is 0 Å². The molecule has 4 atom stereocenters. The summed E-state index contributed by atoms with van der Waals surface area (Å²) in [5.74, 6) is 0.723. The van der Waals surface area contributed by atoms with Crippen LogP contribution in [0, 0.1) is 5.92 Å². The van der Waals surface area contributed by atoms with Crippen molar-refractivity contribution in [3.8, 4) is 0 Å². The van der Waals surface area contributed by atoms with Crippen molar-refractivity contribution >= 4 is 0 Å². The van der Waals surface area contributed by atoms with Crippen LogP contribution in [0.5, 0.6) is 0 Å². The summed E-state index contributed by atoms with van der Waals surface area (Å²) in [5.41, 5.74) is 0.275. The van der Waals surface area contributed by atoms with Crippen molar-refractivity contribution < 1.29 is 9.47 Å². The second-order valence-electron chi connectivity index (χ2n) is 5.98. The maximum absolute atomic E-state index is 5.90. The Labute approximate surface area is 97.1 Å². The maximum Gasteiger partial charge on any atom is 0.0970 e. The minimum Gasteiger partial charge on any atom is -0.369 e. The van der Waals surface area contributed by atoms with Crippen molar-refractivity contribution in [3.05, 3.63) is 0 Å². The first kappa shape index (κ1) is 9.86. The fourth-order valence-corrected chi connectivity index (χ4v) is 3.50. The molecule has 1 unspecified atom stereocenters. The van der Waals surface area contributed by atoms with Gasteiger partial charge >= 0.3 is 0 Å². The standard InChI is InChI=1S/C13H21NO2/c1-2-5-13(9-15-13)10(3-1)12-11(16-12)4-6-14-7-8-14/h10-12H,1-9H2/t10?,11-,12-,13+/m1/s1. The lowest BCUT2D eigenvalue weighted by atomic mass is 9.76. The van der Waals surface area contributed by atoms with Crippen LogP contribution in [0.25, 0.3) is 0 Å². The number of rotatable bonds is 4. The van der Waals surface area contributed by atoms with E-state index in [1.54, 1.807) is 0 Å². The molecule has 3 heterocycles. The van der Waals surface area contributed by atoms with Crippen LogP contribution >= 0.6 is 0 Å². The lowest BCUT2D eigenvalue weighted by Gasteiger charge is -2.27. The zero-order valence-electron chi connectivity index (χ0n) is 9.86. The van der Waals surface area contributed by atoms with Gasteiger partial charge in [0.05, 0.1) is 24.4 Å². The Morgan fingerprint density at radius 3 is 2.88 bits per heavy atom. The molecule has 0 radical (unpaired) electrons. The van der Waals surface area contributed by atoms with Crippen LogP contribution in [0.1, 0.15) is 32.1 Å². The van der Waals surface area contributed by atoms with Crippen molar-refractivity contribution in [3.63, 3.8) is 0 Å². The first-order valence-electron chi connectivity index (χ1n) is 6.89. The zero-order chi connectivity index (χ0) is 10.6. The Kier molecular flexibility index (Phi) is 2.12. The second-order valence-corrected chi connectivity index (χ2v) is 5.98. The van der Waals surface area contributed by atoms with E-state index < -0.39 is 0 Å². The smallest absolute Gasteiger partial charge is 0.0970 e. The van der Waals surface area contributed by atoms with Crippen LogP contribution in [0.15, 0.2) is 0 Å². The average molecular weight is 223 g/mol. The molecule has 0 amide bonds. The van der Waals surface area contributed by atoms with Crippen LogP contribution in [-0.4, -0.2) is 49.0 Å². The highest BCUT2D eigenvalue weighted by molar-refractivity contribution is 5.08. The van der Waals surface area contributed by atoms with Gasteiger partial charge in [0.25, 0.3) is 0 Å². The highest BCUT2D eigenvalue weighted by atomic mass is 16.6. The molecular formula is C13H21NO2. The van der Waals surface area contributed by atoms with Crippen molar-refractivity contribution in [2.45, 2.75) is 49.9 Å². The quantitative estimate of drug-likeness (QED) is 0.675. The third kappa shape index (κ3) is 1.69. The molecule has 0 bridgehead atoms. The van der Waals surface area contributed by atoms with Crippen molar-refractivity contribution in [2.24, 2.45) is 5.92 Å². The minimum atomic E-state index is 0.275. The molecule has 0 aromatic heterocycles. The van der Waals surface area contributed by atoms with Gasteiger partial charge in [0.1, 0.15) is 0 Å². The third-order valence-electron chi connectivity index (χ3n) is 4.84. The van der Waals surface area contributed by atoms with Crippen LogP contribution in [0.2, 0.25) is 0 Å². The molecule has 3 saturated heterocycles. The van der Waals surface area contributed by atoms with Gasteiger partial charge in [-0.05, 0) is 19.3 Å². The van der Waals surface area contributed by atoms with Gasteiger partial charge in [-0.2, -0.15) is 0 Å². The molecule has 3 aliphatic heterocycles. The van der Waals surface area contributed by atoms with E-state index >= 15 is 0 Å². The molecule has 1 aliphatic carbocycles. The number of epoxide rings is 2. The largest absolute Gasteiger partial charge is 0.369 e. The second kappa shape index (κ2) is 3.44. The Hall–Kier alpha value is -0.120. The van der Waals surface area contributed by atoms with Gasteiger partial charge in [0.15, 0.2) is 0 Å². The number of hydrogen-bond donors (Lipinski definition) is 0. The molecule has 90 valence electrons. The van der Waals surface area contributed by atoms with E-state index in [0.29, 0.717) is 12.2 Å². The Morgan fingerprint density at radius 2 is 2.12 bits per heavy atom. The first-order valence-corrected chi connectivity index (χ1v) is 6.89. The van der Waals surface area contributed by atoms with E-state index in [-0.39, 0.29) is 5.60 Å². The van der Waals surface area contributed by atoms with Gasteiger partial charge in [-0.15, -0.1) is 0 Å². The van der Waals surface area contributed by atoms with Crippen molar-refractivity contribution in [1.29, 1.82) is 0 Å². The Balaban J connectivity index is 1.32. The highest BCUT2D eigenvalue weighted by Crippen LogP contribution is 2.52. The van der Waals surface area contributed by atoms with E-state index in [0.717, 1.165) is 12.5 Å². The van der Waals surface area contributed by atoms with Gasteiger partial charge in [-0.3, -0.25) is 0 Å². The normalized spacial score (nSPS) is 50.6. The van der Waals surface area contributed by atoms with Gasteiger partial charge < -0.3 is 14.4 Å². The topological polar surface area (TPSA) is 28.1 Å². The van der Waals surface area contributed by atoms with E-state index in [1.807, 2.05) is 0 Å². The number of hydrogen-bond acceptors (Lipinski definition) is 3. The highest BCUT2D eigenvalue weighted by Gasteiger charge is 2.60. The Morgan fingerprint density at radius 1 is 1.25 bits per heavy atom. The van der Waals surface area contributed by atoms with E-state index in [2.05, 4.69) is 4.90 Å². The van der Waals surface area contributed by atoms with Crippen LogP contribution < -0.4 is 0 Å². The molecule has 4 rings (SSSR count). The van der Waals surface area contributed by atoms with E-state index in [9.17, 15) is 0 Å². The SMILES string of the molecule is C1CC[C@]2(CO2)C([C@H]2O[C@@H]2CCN2CC2)C1. The molecule has 1 saturated carbocycles. The predicted molar refractivity (Wildman–Crippen MR) is 60.4 cm³/mol. The Bertz CT molecular complexity index is 286. The summed E-state index contributed by atoms with van der Waals surface area (Å²) in [5, 5.41) is 0. The predicted octanol–water partition coefficient (Wildman–Crippen LogP) is 1.42. The number of ether oxygens (including phenoxy) is 2. The summed E-state index contributed by atoms with van der Waals surface area (Å²) < 4.78 is 11.7. The molecule has 4 aliphatic rings. The first-order chi connectivity index (χ1) is 7.87. The summed E-state index contributed by atoms with van der Waals surface area (Å²) in [6.07, 6.45) is 7.72. The van der Waals surface area contributed by atoms with Crippen molar-refractivity contribution in [2.75, 3.05) is 26.2 Å². The summed E-state index contributed by atoms with van der Waals surface area (Å²) in [6, 6.07) is 0. The molecular weight excluding hydrogens is 202 g/mol. The summed E-state index contributed by atoms with van der Waals surface area (Å²) >= 11 is 0. The van der Waals surface area contributed by atoms with Gasteiger partial charge in [-0.1, -0.05) is 12.8 Å². The molecule has 0 aromatic rings. The fourth-order valence-electron chi connectivity index (χ4n) is 3.50.